The molecule has 0 N–H and O–H groups in total. The first kappa shape index (κ1) is 42.4. The summed E-state index contributed by atoms with van der Waals surface area (Å²) in [5.41, 5.74) is 2.57. The maximum atomic E-state index is 14.6. The van der Waals surface area contributed by atoms with Gasteiger partial charge in [0, 0.05) is 31.0 Å². The summed E-state index contributed by atoms with van der Waals surface area (Å²) in [5, 5.41) is 0. The summed E-state index contributed by atoms with van der Waals surface area (Å²) in [7, 11) is -1.60. The number of fused-ring (bicyclic) bond motifs is 4. The van der Waals surface area contributed by atoms with Crippen molar-refractivity contribution in [1.29, 1.82) is 0 Å². The molecule has 55 heavy (non-hydrogen) atoms. The van der Waals surface area contributed by atoms with Crippen molar-refractivity contribution in [2.75, 3.05) is 12.3 Å². The standard InChI is InChI=1S/C48H67NO2S4/c1-12-17-20-31(15-4)29-49-45(50)39-40(46(49)51)44(48(9,10)11)54-41(39)35-27-36-42(52-35)43-37(28-38(53-43)47(6,7)8)55(36,30-32(16-5)21-18-13-2)34-25-23-33(24-26-34)22-19-14-3/h23-28,31-32H,12-22,29-30H2,1-11H3. The molecule has 2 amide bonds. The zero-order valence-corrected chi connectivity index (χ0v) is 39.0. The SMILES string of the molecule is CCCCc1ccc(S2(CC(CC)CCCC)c3cc(-c4sc(C(C)(C)C)c5c4C(=O)N(CC(CC)CCCC)C5=O)sc3-c3sc(C(C)(C)C)cc32)cc1. The molecule has 3 aromatic heterocycles. The molecule has 2 aliphatic heterocycles. The van der Waals surface area contributed by atoms with E-state index >= 15 is 0 Å². The van der Waals surface area contributed by atoms with Gasteiger partial charge in [-0.2, -0.15) is 10.0 Å². The Labute approximate surface area is 347 Å². The van der Waals surface area contributed by atoms with Crippen LogP contribution in [-0.4, -0.2) is 29.0 Å². The highest BCUT2D eigenvalue weighted by atomic mass is 32.3. The van der Waals surface area contributed by atoms with Crippen LogP contribution in [0.3, 0.4) is 0 Å². The van der Waals surface area contributed by atoms with Crippen molar-refractivity contribution >= 4 is 55.9 Å². The van der Waals surface area contributed by atoms with Crippen LogP contribution in [-0.2, 0) is 17.3 Å². The van der Waals surface area contributed by atoms with Crippen molar-refractivity contribution in [3.63, 3.8) is 0 Å². The van der Waals surface area contributed by atoms with Gasteiger partial charge in [0.2, 0.25) is 0 Å². The number of imide groups is 1. The molecule has 0 saturated carbocycles. The first-order chi connectivity index (χ1) is 26.1. The first-order valence-electron chi connectivity index (χ1n) is 21.4. The third-order valence-corrected chi connectivity index (χ3v) is 21.1. The molecule has 0 spiro atoms. The van der Waals surface area contributed by atoms with Gasteiger partial charge in [-0.25, -0.2) is 0 Å². The van der Waals surface area contributed by atoms with Gasteiger partial charge in [0.05, 0.1) is 25.8 Å². The van der Waals surface area contributed by atoms with Crippen LogP contribution in [0.4, 0.5) is 0 Å². The van der Waals surface area contributed by atoms with Crippen molar-refractivity contribution in [1.82, 2.24) is 4.90 Å². The van der Waals surface area contributed by atoms with E-state index < -0.39 is 10.0 Å². The monoisotopic (exact) mass is 817 g/mol. The Kier molecular flexibility index (Phi) is 13.1. The molecule has 7 heteroatoms. The molecule has 0 radical (unpaired) electrons. The van der Waals surface area contributed by atoms with Crippen LogP contribution in [0.1, 0.15) is 176 Å². The van der Waals surface area contributed by atoms with Gasteiger partial charge >= 0.3 is 0 Å². The lowest BCUT2D eigenvalue weighted by Gasteiger charge is -2.41. The number of carbonyl (C=O) groups excluding carboxylic acids is 2. The fourth-order valence-electron chi connectivity index (χ4n) is 8.48. The predicted molar refractivity (Wildman–Crippen MR) is 243 cm³/mol. The van der Waals surface area contributed by atoms with Crippen molar-refractivity contribution in [2.24, 2.45) is 11.8 Å². The lowest BCUT2D eigenvalue weighted by atomic mass is 9.90. The smallest absolute Gasteiger partial charge is 0.263 e. The Morgan fingerprint density at radius 2 is 1.24 bits per heavy atom. The third kappa shape index (κ3) is 7.99. The van der Waals surface area contributed by atoms with Gasteiger partial charge in [-0.3, -0.25) is 14.5 Å². The molecule has 6 rings (SSSR count). The Morgan fingerprint density at radius 3 is 1.82 bits per heavy atom. The van der Waals surface area contributed by atoms with Crippen LogP contribution >= 0.6 is 44.0 Å². The normalized spacial score (nSPS) is 19.1. The predicted octanol–water partition coefficient (Wildman–Crippen LogP) is 15.8. The second-order valence-corrected chi connectivity index (χ2v) is 24.6. The van der Waals surface area contributed by atoms with Crippen molar-refractivity contribution in [3.8, 4) is 19.5 Å². The minimum absolute atomic E-state index is 0.0523. The van der Waals surface area contributed by atoms with Crippen LogP contribution in [0.5, 0.6) is 0 Å². The van der Waals surface area contributed by atoms with Crippen molar-refractivity contribution < 1.29 is 9.59 Å². The number of hydrogen-bond donors (Lipinski definition) is 0. The van der Waals surface area contributed by atoms with Gasteiger partial charge in [0.1, 0.15) is 0 Å². The van der Waals surface area contributed by atoms with E-state index in [1.807, 2.05) is 22.7 Å². The molecule has 3 unspecified atom stereocenters. The number of rotatable bonds is 17. The zero-order chi connectivity index (χ0) is 39.9. The number of amides is 2. The van der Waals surface area contributed by atoms with E-state index in [1.165, 1.54) is 68.5 Å². The molecule has 2 aliphatic rings. The van der Waals surface area contributed by atoms with Gasteiger partial charge in [0.25, 0.3) is 11.8 Å². The van der Waals surface area contributed by atoms with E-state index in [1.54, 1.807) is 21.1 Å². The molecule has 0 saturated heterocycles. The molecule has 4 aromatic rings. The Hall–Kier alpha value is -2.19. The maximum Gasteiger partial charge on any atom is 0.263 e. The average Bonchev–Trinajstić information content (AvgIpc) is 3.95. The summed E-state index contributed by atoms with van der Waals surface area (Å²) < 4.78 is 0. The van der Waals surface area contributed by atoms with E-state index in [0.717, 1.165) is 52.5 Å². The lowest BCUT2D eigenvalue weighted by Crippen LogP contribution is -2.35. The highest BCUT2D eigenvalue weighted by Crippen LogP contribution is 2.80. The van der Waals surface area contributed by atoms with Crippen LogP contribution in [0.15, 0.2) is 51.1 Å². The number of aryl methyl sites for hydroxylation is 1. The second-order valence-electron chi connectivity index (χ2n) is 18.3. The molecule has 3 nitrogen and oxygen atoms in total. The van der Waals surface area contributed by atoms with Gasteiger partial charge in [0.15, 0.2) is 0 Å². The number of carbonyl (C=O) groups is 2. The van der Waals surface area contributed by atoms with Crippen LogP contribution in [0.2, 0.25) is 0 Å². The molecule has 300 valence electrons. The van der Waals surface area contributed by atoms with E-state index in [9.17, 15) is 9.59 Å². The maximum absolute atomic E-state index is 14.6. The number of thiophene rings is 3. The van der Waals surface area contributed by atoms with Crippen molar-refractivity contribution in [2.45, 2.75) is 172 Å². The summed E-state index contributed by atoms with van der Waals surface area (Å²) >= 11 is 5.60. The number of hydrogen-bond acceptors (Lipinski definition) is 5. The molecule has 0 aliphatic carbocycles. The molecule has 0 bridgehead atoms. The van der Waals surface area contributed by atoms with Gasteiger partial charge in [-0.05, 0) is 88.8 Å². The van der Waals surface area contributed by atoms with Crippen molar-refractivity contribution in [3.05, 3.63) is 62.8 Å². The largest absolute Gasteiger partial charge is 0.274 e. The minimum atomic E-state index is -1.60. The average molecular weight is 818 g/mol. The van der Waals surface area contributed by atoms with Gasteiger partial charge in [-0.1, -0.05) is 133 Å². The molecule has 1 aromatic carbocycles. The molecule has 0 fully saturated rings. The quantitative estimate of drug-likeness (QED) is 0.0996. The number of nitrogens with zero attached hydrogens (tertiary/aromatic N) is 1. The number of unbranched alkanes of at least 4 members (excludes halogenated alkanes) is 3. The van der Waals surface area contributed by atoms with Crippen LogP contribution < -0.4 is 0 Å². The fraction of sp³-hybridized carbons (Fsp3) is 0.583. The van der Waals surface area contributed by atoms with Gasteiger partial charge in [-0.15, -0.1) is 34.0 Å². The van der Waals surface area contributed by atoms with E-state index in [0.29, 0.717) is 29.5 Å². The van der Waals surface area contributed by atoms with Crippen LogP contribution in [0.25, 0.3) is 19.5 Å². The van der Waals surface area contributed by atoms with E-state index in [2.05, 4.69) is 113 Å². The van der Waals surface area contributed by atoms with E-state index in [4.69, 9.17) is 0 Å². The molecule has 3 atom stereocenters. The summed E-state index contributed by atoms with van der Waals surface area (Å²) in [5.74, 6) is 1.96. The van der Waals surface area contributed by atoms with Crippen LogP contribution in [0, 0.1) is 11.8 Å². The summed E-state index contributed by atoms with van der Waals surface area (Å²) in [4.78, 5) is 42.7. The molecular formula is C48H67NO2S4. The minimum Gasteiger partial charge on any atom is -0.274 e. The van der Waals surface area contributed by atoms with E-state index in [-0.39, 0.29) is 22.6 Å². The zero-order valence-electron chi connectivity index (χ0n) is 35.7. The summed E-state index contributed by atoms with van der Waals surface area (Å²) in [6.45, 7) is 25.6. The van der Waals surface area contributed by atoms with Gasteiger partial charge < -0.3 is 0 Å². The first-order valence-corrected chi connectivity index (χ1v) is 25.6. The molecular weight excluding hydrogens is 751 g/mol. The fourth-order valence-corrected chi connectivity index (χ4v) is 18.1. The Morgan fingerprint density at radius 1 is 0.655 bits per heavy atom. The second kappa shape index (κ2) is 17.0. The lowest BCUT2D eigenvalue weighted by molar-refractivity contribution is 0.0623. The topological polar surface area (TPSA) is 37.4 Å². The number of benzene rings is 1. The highest BCUT2D eigenvalue weighted by molar-refractivity contribution is 8.34. The summed E-state index contributed by atoms with van der Waals surface area (Å²) in [6, 6.07) is 14.9. The third-order valence-electron chi connectivity index (χ3n) is 12.0. The summed E-state index contributed by atoms with van der Waals surface area (Å²) in [6.07, 6.45) is 12.7. The Balaban J connectivity index is 1.57. The highest BCUT2D eigenvalue weighted by Gasteiger charge is 2.48. The molecule has 5 heterocycles. The Bertz CT molecular complexity index is 1980.